The van der Waals surface area contributed by atoms with Crippen LogP contribution in [0.2, 0.25) is 0 Å². The maximum absolute atomic E-state index is 13.5. The number of ketones is 1. The van der Waals surface area contributed by atoms with Crippen molar-refractivity contribution in [1.82, 2.24) is 0 Å². The molecular formula is C26H22N2O3. The first kappa shape index (κ1) is 18.1. The number of benzene rings is 3. The minimum Gasteiger partial charge on any atom is -0.454 e. The minimum absolute atomic E-state index is 0.169. The Morgan fingerprint density at radius 2 is 1.55 bits per heavy atom. The molecule has 0 aromatic heterocycles. The van der Waals surface area contributed by atoms with Gasteiger partial charge in [0.15, 0.2) is 17.3 Å². The fourth-order valence-electron chi connectivity index (χ4n) is 4.80. The average molecular weight is 410 g/mol. The molecule has 31 heavy (non-hydrogen) atoms. The van der Waals surface area contributed by atoms with Gasteiger partial charge in [-0.15, -0.1) is 0 Å². The van der Waals surface area contributed by atoms with Crippen molar-refractivity contribution in [3.63, 3.8) is 0 Å². The topological polar surface area (TPSA) is 59.6 Å². The number of hydrogen-bond donors (Lipinski definition) is 2. The Morgan fingerprint density at radius 3 is 2.42 bits per heavy atom. The van der Waals surface area contributed by atoms with Crippen molar-refractivity contribution < 1.29 is 14.3 Å². The summed E-state index contributed by atoms with van der Waals surface area (Å²) in [6, 6.07) is 24.1. The molecule has 2 N–H and O–H groups in total. The number of allylic oxidation sites excluding steroid dienone is 1. The summed E-state index contributed by atoms with van der Waals surface area (Å²) in [7, 11) is 0. The fourth-order valence-corrected chi connectivity index (χ4v) is 4.80. The van der Waals surface area contributed by atoms with Gasteiger partial charge in [0.25, 0.3) is 0 Å². The molecule has 5 heteroatoms. The van der Waals surface area contributed by atoms with Crippen LogP contribution in [0.25, 0.3) is 0 Å². The predicted molar refractivity (Wildman–Crippen MR) is 119 cm³/mol. The van der Waals surface area contributed by atoms with Crippen LogP contribution in [-0.4, -0.2) is 12.6 Å². The Kier molecular flexibility index (Phi) is 4.20. The molecular weight excluding hydrogens is 388 g/mol. The van der Waals surface area contributed by atoms with E-state index in [1.54, 1.807) is 0 Å². The second-order valence-electron chi connectivity index (χ2n) is 8.19. The maximum atomic E-state index is 13.5. The van der Waals surface area contributed by atoms with Gasteiger partial charge in [0, 0.05) is 17.7 Å². The van der Waals surface area contributed by atoms with Gasteiger partial charge >= 0.3 is 0 Å². The highest BCUT2D eigenvalue weighted by atomic mass is 16.7. The largest absolute Gasteiger partial charge is 0.454 e. The van der Waals surface area contributed by atoms with Gasteiger partial charge in [0.05, 0.1) is 17.4 Å². The summed E-state index contributed by atoms with van der Waals surface area (Å²) in [6.45, 7) is 0.229. The van der Waals surface area contributed by atoms with E-state index in [0.717, 1.165) is 46.1 Å². The minimum atomic E-state index is -0.259. The highest BCUT2D eigenvalue weighted by Gasteiger charge is 2.36. The van der Waals surface area contributed by atoms with Crippen molar-refractivity contribution in [2.75, 3.05) is 17.4 Å². The SMILES string of the molecule is O=C1C[C@H](c2ccccc2)CC2=C1[C@@H](c1ccc3c(c1)OCO3)Nc1ccccc1N2. The molecule has 2 heterocycles. The number of ether oxygens (including phenoxy) is 2. The standard InChI is InChI=1S/C26H22N2O3/c29-22-13-18(16-6-2-1-3-7-16)12-21-25(22)26(28-20-9-5-4-8-19(20)27-21)17-10-11-23-24(14-17)31-15-30-23/h1-11,14,18,26-28H,12-13,15H2/t18-,26-/m1/s1. The third kappa shape index (κ3) is 3.13. The Bertz CT molecular complexity index is 1200. The Morgan fingerprint density at radius 1 is 0.774 bits per heavy atom. The lowest BCUT2D eigenvalue weighted by atomic mass is 9.78. The molecule has 0 bridgehead atoms. The number of Topliss-reactive ketones (excluding diaryl/α,β-unsaturated/α-hetero) is 1. The third-order valence-corrected chi connectivity index (χ3v) is 6.31. The van der Waals surface area contributed by atoms with Crippen molar-refractivity contribution in [2.45, 2.75) is 24.8 Å². The zero-order chi connectivity index (χ0) is 20.8. The van der Waals surface area contributed by atoms with Gasteiger partial charge < -0.3 is 20.1 Å². The quantitative estimate of drug-likeness (QED) is 0.593. The number of nitrogens with one attached hydrogen (secondary N) is 2. The Hall–Kier alpha value is -3.73. The van der Waals surface area contributed by atoms with Gasteiger partial charge in [-0.05, 0) is 47.7 Å². The molecule has 0 amide bonds. The lowest BCUT2D eigenvalue weighted by Crippen LogP contribution is -2.26. The molecule has 0 spiro atoms. The van der Waals surface area contributed by atoms with Crippen LogP contribution in [0.1, 0.15) is 35.9 Å². The van der Waals surface area contributed by atoms with Crippen molar-refractivity contribution in [3.05, 3.63) is 95.2 Å². The predicted octanol–water partition coefficient (Wildman–Crippen LogP) is 5.39. The summed E-state index contributed by atoms with van der Waals surface area (Å²) >= 11 is 0. The molecule has 2 atom stereocenters. The Labute approximate surface area is 180 Å². The molecule has 154 valence electrons. The van der Waals surface area contributed by atoms with Crippen LogP contribution in [0.4, 0.5) is 11.4 Å². The zero-order valence-electron chi connectivity index (χ0n) is 16.9. The number of para-hydroxylation sites is 2. The van der Waals surface area contributed by atoms with Gasteiger partial charge in [0.2, 0.25) is 6.79 Å². The van der Waals surface area contributed by atoms with Crippen molar-refractivity contribution >= 4 is 17.2 Å². The first-order chi connectivity index (χ1) is 15.3. The lowest BCUT2D eigenvalue weighted by molar-refractivity contribution is -0.116. The molecule has 0 unspecified atom stereocenters. The van der Waals surface area contributed by atoms with Crippen LogP contribution >= 0.6 is 0 Å². The van der Waals surface area contributed by atoms with Crippen LogP contribution in [0.15, 0.2) is 84.1 Å². The monoisotopic (exact) mass is 410 g/mol. The van der Waals surface area contributed by atoms with Crippen LogP contribution in [-0.2, 0) is 4.79 Å². The highest BCUT2D eigenvalue weighted by Crippen LogP contribution is 2.45. The lowest BCUT2D eigenvalue weighted by Gasteiger charge is -2.30. The number of fused-ring (bicyclic) bond motifs is 2. The average Bonchev–Trinajstić information content (AvgIpc) is 3.20. The molecule has 1 aliphatic carbocycles. The normalized spacial score (nSPS) is 21.5. The molecule has 0 saturated heterocycles. The second-order valence-corrected chi connectivity index (χ2v) is 8.19. The van der Waals surface area contributed by atoms with E-state index in [0.29, 0.717) is 6.42 Å². The Balaban J connectivity index is 1.46. The summed E-state index contributed by atoms with van der Waals surface area (Å²) in [5.41, 5.74) is 5.95. The van der Waals surface area contributed by atoms with Crippen molar-refractivity contribution in [2.24, 2.45) is 0 Å². The number of carbonyl (C=O) groups excluding carboxylic acids is 1. The molecule has 3 aliphatic rings. The van der Waals surface area contributed by atoms with E-state index < -0.39 is 0 Å². The van der Waals surface area contributed by atoms with Gasteiger partial charge in [0.1, 0.15) is 0 Å². The van der Waals surface area contributed by atoms with Gasteiger partial charge in [-0.25, -0.2) is 0 Å². The van der Waals surface area contributed by atoms with E-state index in [9.17, 15) is 4.79 Å². The first-order valence-electron chi connectivity index (χ1n) is 10.6. The number of anilines is 2. The van der Waals surface area contributed by atoms with Crippen LogP contribution in [0.5, 0.6) is 11.5 Å². The molecule has 0 fully saturated rings. The second kappa shape index (κ2) is 7.20. The molecule has 0 saturated carbocycles. The third-order valence-electron chi connectivity index (χ3n) is 6.31. The number of rotatable bonds is 2. The first-order valence-corrected chi connectivity index (χ1v) is 10.6. The summed E-state index contributed by atoms with van der Waals surface area (Å²) in [6.07, 6.45) is 1.30. The molecule has 3 aromatic carbocycles. The maximum Gasteiger partial charge on any atom is 0.231 e. The van der Waals surface area contributed by atoms with Gasteiger partial charge in [-0.2, -0.15) is 0 Å². The van der Waals surface area contributed by atoms with E-state index in [1.807, 2.05) is 60.7 Å². The van der Waals surface area contributed by atoms with Crippen LogP contribution in [0.3, 0.4) is 0 Å². The van der Waals surface area contributed by atoms with Crippen LogP contribution < -0.4 is 20.1 Å². The van der Waals surface area contributed by atoms with E-state index >= 15 is 0 Å². The summed E-state index contributed by atoms with van der Waals surface area (Å²) in [4.78, 5) is 13.5. The fraction of sp³-hybridized carbons (Fsp3) is 0.192. The molecule has 2 aliphatic heterocycles. The molecule has 6 rings (SSSR count). The molecule has 3 aromatic rings. The van der Waals surface area contributed by atoms with Crippen LogP contribution in [0, 0.1) is 0 Å². The summed E-state index contributed by atoms with van der Waals surface area (Å²) in [5, 5.41) is 7.20. The van der Waals surface area contributed by atoms with E-state index in [-0.39, 0.29) is 24.5 Å². The van der Waals surface area contributed by atoms with Crippen molar-refractivity contribution in [1.29, 1.82) is 0 Å². The smallest absolute Gasteiger partial charge is 0.231 e. The van der Waals surface area contributed by atoms with E-state index in [2.05, 4.69) is 22.8 Å². The van der Waals surface area contributed by atoms with Gasteiger partial charge in [-0.1, -0.05) is 48.5 Å². The van der Waals surface area contributed by atoms with Crippen molar-refractivity contribution in [3.8, 4) is 11.5 Å². The van der Waals surface area contributed by atoms with E-state index in [1.165, 1.54) is 5.56 Å². The highest BCUT2D eigenvalue weighted by molar-refractivity contribution is 6.01. The number of hydrogen-bond acceptors (Lipinski definition) is 5. The molecule has 5 nitrogen and oxygen atoms in total. The number of carbonyl (C=O) groups is 1. The zero-order valence-corrected chi connectivity index (χ0v) is 16.9. The van der Waals surface area contributed by atoms with E-state index in [4.69, 9.17) is 9.47 Å². The van der Waals surface area contributed by atoms with Gasteiger partial charge in [-0.3, -0.25) is 4.79 Å². The summed E-state index contributed by atoms with van der Waals surface area (Å²) < 4.78 is 11.1. The summed E-state index contributed by atoms with van der Waals surface area (Å²) in [5.74, 6) is 1.80. The molecule has 0 radical (unpaired) electrons.